The van der Waals surface area contributed by atoms with E-state index >= 15 is 0 Å². The molecule has 2 aromatic carbocycles. The van der Waals surface area contributed by atoms with Gasteiger partial charge in [-0.3, -0.25) is 0 Å². The third-order valence-electron chi connectivity index (χ3n) is 3.65. The van der Waals surface area contributed by atoms with Crippen LogP contribution >= 0.6 is 24.8 Å². The number of ether oxygens (including phenoxy) is 1. The molecule has 0 atom stereocenters. The zero-order chi connectivity index (χ0) is 15.7. The fourth-order valence-corrected chi connectivity index (χ4v) is 2.54. The first-order valence-electron chi connectivity index (χ1n) is 6.81. The average molecular weight is 368 g/mol. The standard InChI is InChI=1S/C16H17N5O.2ClH/c1-22-13-7-9(6-10-8-20-16(19)21-15(10)18)11-4-2-3-5-12(11)14(13)17;;/h2-5,7-8H,6,17H2,1H3,(H4,18,19,20,21);2*1H. The number of nitrogens with two attached hydrogens (primary N) is 3. The minimum absolute atomic E-state index is 0. The number of anilines is 3. The molecule has 3 rings (SSSR count). The molecule has 128 valence electrons. The van der Waals surface area contributed by atoms with E-state index < -0.39 is 0 Å². The van der Waals surface area contributed by atoms with Crippen molar-refractivity contribution in [1.82, 2.24) is 9.97 Å². The van der Waals surface area contributed by atoms with Gasteiger partial charge in [0.15, 0.2) is 0 Å². The second-order valence-electron chi connectivity index (χ2n) is 5.01. The van der Waals surface area contributed by atoms with Crippen molar-refractivity contribution in [2.24, 2.45) is 0 Å². The number of aromatic nitrogens is 2. The third kappa shape index (κ3) is 3.55. The molecule has 6 nitrogen and oxygen atoms in total. The van der Waals surface area contributed by atoms with Crippen LogP contribution in [0.1, 0.15) is 11.1 Å². The molecule has 0 aliphatic heterocycles. The Morgan fingerprint density at radius 2 is 1.67 bits per heavy atom. The van der Waals surface area contributed by atoms with Crippen LogP contribution in [0.3, 0.4) is 0 Å². The number of halogens is 2. The highest BCUT2D eigenvalue weighted by molar-refractivity contribution is 5.98. The third-order valence-corrected chi connectivity index (χ3v) is 3.65. The SMILES string of the molecule is COc1cc(Cc2cnc(N)nc2N)c2ccccc2c1N.Cl.Cl. The van der Waals surface area contributed by atoms with Crippen molar-refractivity contribution in [1.29, 1.82) is 0 Å². The van der Waals surface area contributed by atoms with E-state index in [1.807, 2.05) is 30.3 Å². The van der Waals surface area contributed by atoms with Gasteiger partial charge in [-0.05, 0) is 17.0 Å². The van der Waals surface area contributed by atoms with Crippen LogP contribution < -0.4 is 21.9 Å². The van der Waals surface area contributed by atoms with Crippen LogP contribution in [0, 0.1) is 0 Å². The number of fused-ring (bicyclic) bond motifs is 1. The molecular formula is C16H19Cl2N5O. The number of methoxy groups -OCH3 is 1. The normalized spacial score (nSPS) is 9.88. The van der Waals surface area contributed by atoms with Gasteiger partial charge in [0.2, 0.25) is 5.95 Å². The van der Waals surface area contributed by atoms with Gasteiger partial charge < -0.3 is 21.9 Å². The Bertz CT molecular complexity index is 857. The fourth-order valence-electron chi connectivity index (χ4n) is 2.54. The van der Waals surface area contributed by atoms with E-state index in [2.05, 4.69) is 9.97 Å². The van der Waals surface area contributed by atoms with Crippen molar-refractivity contribution < 1.29 is 4.74 Å². The summed E-state index contributed by atoms with van der Waals surface area (Å²) in [4.78, 5) is 8.01. The van der Waals surface area contributed by atoms with Gasteiger partial charge in [-0.25, -0.2) is 4.98 Å². The first-order chi connectivity index (χ1) is 10.6. The Morgan fingerprint density at radius 3 is 2.29 bits per heavy atom. The second-order valence-corrected chi connectivity index (χ2v) is 5.01. The highest BCUT2D eigenvalue weighted by Crippen LogP contribution is 2.34. The molecule has 0 saturated carbocycles. The second kappa shape index (κ2) is 7.90. The van der Waals surface area contributed by atoms with Crippen molar-refractivity contribution >= 4 is 53.0 Å². The molecule has 8 heteroatoms. The summed E-state index contributed by atoms with van der Waals surface area (Å²) in [5.41, 5.74) is 20.1. The van der Waals surface area contributed by atoms with E-state index in [0.29, 0.717) is 23.7 Å². The maximum absolute atomic E-state index is 6.15. The highest BCUT2D eigenvalue weighted by atomic mass is 35.5. The van der Waals surface area contributed by atoms with Crippen molar-refractivity contribution in [3.05, 3.63) is 47.7 Å². The minimum Gasteiger partial charge on any atom is -0.495 e. The molecule has 1 aromatic heterocycles. The van der Waals surface area contributed by atoms with E-state index in [0.717, 1.165) is 21.9 Å². The molecule has 3 aromatic rings. The summed E-state index contributed by atoms with van der Waals surface area (Å²) in [6, 6.07) is 9.84. The van der Waals surface area contributed by atoms with Gasteiger partial charge in [-0.2, -0.15) is 4.98 Å². The van der Waals surface area contributed by atoms with E-state index in [9.17, 15) is 0 Å². The number of rotatable bonds is 3. The van der Waals surface area contributed by atoms with Crippen LogP contribution in [0.5, 0.6) is 5.75 Å². The van der Waals surface area contributed by atoms with Crippen LogP contribution in [-0.2, 0) is 6.42 Å². The van der Waals surface area contributed by atoms with Gasteiger partial charge in [-0.1, -0.05) is 24.3 Å². The molecule has 0 unspecified atom stereocenters. The smallest absolute Gasteiger partial charge is 0.221 e. The maximum Gasteiger partial charge on any atom is 0.221 e. The minimum atomic E-state index is 0. The molecule has 0 radical (unpaired) electrons. The van der Waals surface area contributed by atoms with Gasteiger partial charge in [0.1, 0.15) is 11.6 Å². The monoisotopic (exact) mass is 367 g/mol. The molecule has 24 heavy (non-hydrogen) atoms. The predicted octanol–water partition coefficient (Wildman–Crippen LogP) is 2.82. The lowest BCUT2D eigenvalue weighted by Crippen LogP contribution is -2.05. The Balaban J connectivity index is 0.00000144. The quantitative estimate of drug-likeness (QED) is 0.613. The Morgan fingerprint density at radius 1 is 1.00 bits per heavy atom. The molecule has 1 heterocycles. The van der Waals surface area contributed by atoms with Crippen molar-refractivity contribution in [3.63, 3.8) is 0 Å². The van der Waals surface area contributed by atoms with Crippen LogP contribution in [0.4, 0.5) is 17.5 Å². The molecule has 0 amide bonds. The first kappa shape index (κ1) is 19.6. The van der Waals surface area contributed by atoms with Crippen LogP contribution in [0.25, 0.3) is 10.8 Å². The van der Waals surface area contributed by atoms with Gasteiger partial charge >= 0.3 is 0 Å². The van der Waals surface area contributed by atoms with Gasteiger partial charge in [0.05, 0.1) is 12.8 Å². The maximum atomic E-state index is 6.15. The summed E-state index contributed by atoms with van der Waals surface area (Å²) in [6.45, 7) is 0. The summed E-state index contributed by atoms with van der Waals surface area (Å²) < 4.78 is 5.37. The Hall–Kier alpha value is -2.44. The summed E-state index contributed by atoms with van der Waals surface area (Å²) >= 11 is 0. The molecule has 0 bridgehead atoms. The Kier molecular flexibility index (Phi) is 6.45. The zero-order valence-electron chi connectivity index (χ0n) is 13.0. The molecule has 0 aliphatic rings. The van der Waals surface area contributed by atoms with Gasteiger partial charge in [-0.15, -0.1) is 24.8 Å². The molecular weight excluding hydrogens is 349 g/mol. The molecule has 0 spiro atoms. The largest absolute Gasteiger partial charge is 0.495 e. The van der Waals surface area contributed by atoms with Crippen LogP contribution in [0.2, 0.25) is 0 Å². The van der Waals surface area contributed by atoms with Gasteiger partial charge in [0.25, 0.3) is 0 Å². The van der Waals surface area contributed by atoms with E-state index in [-0.39, 0.29) is 30.8 Å². The topological polar surface area (TPSA) is 113 Å². The molecule has 0 saturated heterocycles. The number of nitrogens with zero attached hydrogens (tertiary/aromatic N) is 2. The lowest BCUT2D eigenvalue weighted by atomic mass is 9.97. The first-order valence-corrected chi connectivity index (χ1v) is 6.81. The zero-order valence-corrected chi connectivity index (χ0v) is 14.7. The lowest BCUT2D eigenvalue weighted by Gasteiger charge is -2.13. The Labute approximate surface area is 152 Å². The number of hydrogen-bond acceptors (Lipinski definition) is 6. The summed E-state index contributed by atoms with van der Waals surface area (Å²) in [5.74, 6) is 1.19. The van der Waals surface area contributed by atoms with Crippen LogP contribution in [0.15, 0.2) is 36.5 Å². The lowest BCUT2D eigenvalue weighted by molar-refractivity contribution is 0.417. The molecule has 6 N–H and O–H groups in total. The molecule has 0 fully saturated rings. The summed E-state index contributed by atoms with van der Waals surface area (Å²) in [5, 5.41) is 2.00. The van der Waals surface area contributed by atoms with Crippen molar-refractivity contribution in [2.45, 2.75) is 6.42 Å². The van der Waals surface area contributed by atoms with E-state index in [1.165, 1.54) is 0 Å². The average Bonchev–Trinajstić information content (AvgIpc) is 2.52. The fraction of sp³-hybridized carbons (Fsp3) is 0.125. The van der Waals surface area contributed by atoms with Crippen molar-refractivity contribution in [3.8, 4) is 5.75 Å². The predicted molar refractivity (Wildman–Crippen MR) is 103 cm³/mol. The molecule has 0 aliphatic carbocycles. The van der Waals surface area contributed by atoms with E-state index in [1.54, 1.807) is 13.3 Å². The summed E-state index contributed by atoms with van der Waals surface area (Å²) in [6.07, 6.45) is 2.22. The number of nitrogen functional groups attached to an aromatic ring is 3. The summed E-state index contributed by atoms with van der Waals surface area (Å²) in [7, 11) is 1.60. The van der Waals surface area contributed by atoms with Crippen molar-refractivity contribution in [2.75, 3.05) is 24.3 Å². The number of benzene rings is 2. The highest BCUT2D eigenvalue weighted by Gasteiger charge is 2.12. The van der Waals surface area contributed by atoms with E-state index in [4.69, 9.17) is 21.9 Å². The number of hydrogen-bond donors (Lipinski definition) is 3. The van der Waals surface area contributed by atoms with Gasteiger partial charge in [0, 0.05) is 23.6 Å². The van der Waals surface area contributed by atoms with Crippen LogP contribution in [-0.4, -0.2) is 17.1 Å².